The summed E-state index contributed by atoms with van der Waals surface area (Å²) < 4.78 is 0. The molecule has 1 saturated heterocycles. The maximum atomic E-state index is 12.0. The molecule has 1 aromatic heterocycles. The Bertz CT molecular complexity index is 478. The van der Waals surface area contributed by atoms with E-state index >= 15 is 0 Å². The Morgan fingerprint density at radius 2 is 2.16 bits per heavy atom. The maximum absolute atomic E-state index is 12.0. The van der Waals surface area contributed by atoms with E-state index in [1.807, 2.05) is 0 Å². The number of piperidine rings is 1. The third kappa shape index (κ3) is 3.54. The van der Waals surface area contributed by atoms with Crippen LogP contribution in [0.1, 0.15) is 39.8 Å². The molecule has 104 valence electrons. The van der Waals surface area contributed by atoms with E-state index in [0.29, 0.717) is 17.0 Å². The highest BCUT2D eigenvalue weighted by Gasteiger charge is 2.27. The van der Waals surface area contributed by atoms with Gasteiger partial charge in [-0.15, -0.1) is 11.3 Å². The fourth-order valence-corrected chi connectivity index (χ4v) is 2.98. The number of carbonyl (C=O) groups is 2. The van der Waals surface area contributed by atoms with Gasteiger partial charge in [-0.25, -0.2) is 0 Å². The zero-order valence-electron chi connectivity index (χ0n) is 11.0. The van der Waals surface area contributed by atoms with E-state index in [2.05, 4.69) is 17.6 Å². The number of primary amides is 1. The minimum Gasteiger partial charge on any atom is -0.366 e. The Labute approximate surface area is 116 Å². The second-order valence-corrected chi connectivity index (χ2v) is 6.22. The van der Waals surface area contributed by atoms with E-state index in [9.17, 15) is 9.59 Å². The quantitative estimate of drug-likeness (QED) is 0.769. The second kappa shape index (κ2) is 5.71. The SMILES string of the molecule is CC1(CNC(=O)c2cc(C(N)=O)cs2)CCNCC1. The summed E-state index contributed by atoms with van der Waals surface area (Å²) >= 11 is 1.25. The molecule has 0 aromatic carbocycles. The van der Waals surface area contributed by atoms with Crippen LogP contribution in [0, 0.1) is 5.41 Å². The number of hydrogen-bond donors (Lipinski definition) is 3. The molecule has 2 rings (SSSR count). The minimum absolute atomic E-state index is 0.128. The Morgan fingerprint density at radius 3 is 2.74 bits per heavy atom. The highest BCUT2D eigenvalue weighted by Crippen LogP contribution is 2.27. The molecule has 0 saturated carbocycles. The van der Waals surface area contributed by atoms with Crippen LogP contribution in [-0.4, -0.2) is 31.4 Å². The van der Waals surface area contributed by atoms with Gasteiger partial charge in [-0.2, -0.15) is 0 Å². The fraction of sp³-hybridized carbons (Fsp3) is 0.538. The highest BCUT2D eigenvalue weighted by molar-refractivity contribution is 7.12. The molecule has 0 bridgehead atoms. The predicted octanol–water partition coefficient (Wildman–Crippen LogP) is 0.967. The summed E-state index contributed by atoms with van der Waals surface area (Å²) in [5.74, 6) is -0.627. The Kier molecular flexibility index (Phi) is 4.21. The Balaban J connectivity index is 1.91. The van der Waals surface area contributed by atoms with Crippen LogP contribution in [0.2, 0.25) is 0 Å². The molecule has 1 aromatic rings. The zero-order chi connectivity index (χ0) is 13.9. The molecule has 0 unspecified atom stereocenters. The van der Waals surface area contributed by atoms with Gasteiger partial charge in [0.2, 0.25) is 5.91 Å². The molecule has 6 heteroatoms. The lowest BCUT2D eigenvalue weighted by Gasteiger charge is -2.34. The first-order valence-electron chi connectivity index (χ1n) is 6.37. The van der Waals surface area contributed by atoms with Crippen molar-refractivity contribution >= 4 is 23.2 Å². The van der Waals surface area contributed by atoms with Crippen LogP contribution in [0.15, 0.2) is 11.4 Å². The molecule has 19 heavy (non-hydrogen) atoms. The number of rotatable bonds is 4. The number of thiophene rings is 1. The fourth-order valence-electron chi connectivity index (χ4n) is 2.17. The standard InChI is InChI=1S/C13H19N3O2S/c1-13(2-4-15-5-3-13)8-16-12(18)10-6-9(7-19-10)11(14)17/h6-7,15H,2-5,8H2,1H3,(H2,14,17)(H,16,18). The molecule has 1 fully saturated rings. The molecular formula is C13H19N3O2S. The van der Waals surface area contributed by atoms with Gasteiger partial charge >= 0.3 is 0 Å². The van der Waals surface area contributed by atoms with Crippen molar-refractivity contribution in [3.63, 3.8) is 0 Å². The predicted molar refractivity (Wildman–Crippen MR) is 75.4 cm³/mol. The van der Waals surface area contributed by atoms with Crippen molar-refractivity contribution < 1.29 is 9.59 Å². The van der Waals surface area contributed by atoms with Crippen molar-refractivity contribution in [2.45, 2.75) is 19.8 Å². The first kappa shape index (κ1) is 14.0. The number of carbonyl (C=O) groups excluding carboxylic acids is 2. The van der Waals surface area contributed by atoms with E-state index in [1.54, 1.807) is 11.4 Å². The maximum Gasteiger partial charge on any atom is 0.261 e. The van der Waals surface area contributed by atoms with E-state index in [-0.39, 0.29) is 11.3 Å². The lowest BCUT2D eigenvalue weighted by molar-refractivity contribution is 0.0926. The monoisotopic (exact) mass is 281 g/mol. The van der Waals surface area contributed by atoms with Gasteiger partial charge in [-0.05, 0) is 37.4 Å². The first-order chi connectivity index (χ1) is 9.00. The van der Waals surface area contributed by atoms with Gasteiger partial charge in [0.25, 0.3) is 5.91 Å². The van der Waals surface area contributed by atoms with Gasteiger partial charge in [0.1, 0.15) is 0 Å². The van der Waals surface area contributed by atoms with Crippen molar-refractivity contribution in [3.8, 4) is 0 Å². The highest BCUT2D eigenvalue weighted by atomic mass is 32.1. The summed E-state index contributed by atoms with van der Waals surface area (Å²) in [6, 6.07) is 1.55. The minimum atomic E-state index is -0.499. The Hall–Kier alpha value is -1.40. The van der Waals surface area contributed by atoms with Crippen molar-refractivity contribution in [2.24, 2.45) is 11.1 Å². The summed E-state index contributed by atoms with van der Waals surface area (Å²) in [5.41, 5.74) is 5.72. The van der Waals surface area contributed by atoms with E-state index in [1.165, 1.54) is 11.3 Å². The van der Waals surface area contributed by atoms with Crippen LogP contribution in [0.5, 0.6) is 0 Å². The summed E-state index contributed by atoms with van der Waals surface area (Å²) in [7, 11) is 0. The van der Waals surface area contributed by atoms with Crippen LogP contribution >= 0.6 is 11.3 Å². The van der Waals surface area contributed by atoms with Crippen LogP contribution < -0.4 is 16.4 Å². The third-order valence-corrected chi connectivity index (χ3v) is 4.52. The average molecular weight is 281 g/mol. The first-order valence-corrected chi connectivity index (χ1v) is 7.25. The van der Waals surface area contributed by atoms with E-state index in [0.717, 1.165) is 25.9 Å². The summed E-state index contributed by atoms with van der Waals surface area (Å²) in [6.07, 6.45) is 2.12. The summed E-state index contributed by atoms with van der Waals surface area (Å²) in [4.78, 5) is 23.5. The van der Waals surface area contributed by atoms with Gasteiger partial charge in [0, 0.05) is 11.9 Å². The molecule has 0 spiro atoms. The molecule has 5 nitrogen and oxygen atoms in total. The summed E-state index contributed by atoms with van der Waals surface area (Å²) in [5, 5.41) is 7.88. The van der Waals surface area contributed by atoms with Crippen LogP contribution in [-0.2, 0) is 0 Å². The van der Waals surface area contributed by atoms with Crippen molar-refractivity contribution in [1.82, 2.24) is 10.6 Å². The molecule has 1 aliphatic rings. The zero-order valence-corrected chi connectivity index (χ0v) is 11.8. The third-order valence-electron chi connectivity index (χ3n) is 3.59. The van der Waals surface area contributed by atoms with Gasteiger partial charge in [0.05, 0.1) is 10.4 Å². The normalized spacial score (nSPS) is 17.9. The Morgan fingerprint density at radius 1 is 1.47 bits per heavy atom. The van der Waals surface area contributed by atoms with Gasteiger partial charge < -0.3 is 16.4 Å². The smallest absolute Gasteiger partial charge is 0.261 e. The van der Waals surface area contributed by atoms with Crippen molar-refractivity contribution in [1.29, 1.82) is 0 Å². The molecule has 1 aliphatic heterocycles. The second-order valence-electron chi connectivity index (χ2n) is 5.31. The molecule has 2 amide bonds. The number of amides is 2. The average Bonchev–Trinajstić information content (AvgIpc) is 2.87. The van der Waals surface area contributed by atoms with Crippen LogP contribution in [0.3, 0.4) is 0 Å². The molecule has 0 radical (unpaired) electrons. The molecule has 0 atom stereocenters. The molecular weight excluding hydrogens is 262 g/mol. The number of hydrogen-bond acceptors (Lipinski definition) is 4. The molecule has 0 aliphatic carbocycles. The summed E-state index contributed by atoms with van der Waals surface area (Å²) in [6.45, 7) is 4.85. The van der Waals surface area contributed by atoms with Crippen LogP contribution in [0.4, 0.5) is 0 Å². The topological polar surface area (TPSA) is 84.2 Å². The lowest BCUT2D eigenvalue weighted by atomic mass is 9.81. The number of nitrogens with two attached hydrogens (primary N) is 1. The van der Waals surface area contributed by atoms with Gasteiger partial charge in [0.15, 0.2) is 0 Å². The van der Waals surface area contributed by atoms with Gasteiger partial charge in [-0.1, -0.05) is 6.92 Å². The van der Waals surface area contributed by atoms with E-state index in [4.69, 9.17) is 5.73 Å². The molecule has 2 heterocycles. The lowest BCUT2D eigenvalue weighted by Crippen LogP contribution is -2.42. The van der Waals surface area contributed by atoms with Gasteiger partial charge in [-0.3, -0.25) is 9.59 Å². The van der Waals surface area contributed by atoms with Crippen molar-refractivity contribution in [2.75, 3.05) is 19.6 Å². The van der Waals surface area contributed by atoms with E-state index < -0.39 is 5.91 Å². The van der Waals surface area contributed by atoms with Crippen molar-refractivity contribution in [3.05, 3.63) is 21.9 Å². The molecule has 4 N–H and O–H groups in total. The number of nitrogens with one attached hydrogen (secondary N) is 2. The largest absolute Gasteiger partial charge is 0.366 e. The van der Waals surface area contributed by atoms with Crippen LogP contribution in [0.25, 0.3) is 0 Å².